The van der Waals surface area contributed by atoms with Crippen molar-refractivity contribution in [1.29, 1.82) is 0 Å². The average molecular weight is 329 g/mol. The van der Waals surface area contributed by atoms with Crippen LogP contribution in [0.2, 0.25) is 0 Å². The number of nitrogens with one attached hydrogen (secondary N) is 1. The number of hydrogen-bond donors (Lipinski definition) is 2. The summed E-state index contributed by atoms with van der Waals surface area (Å²) < 4.78 is 13.1. The maximum Gasteiger partial charge on any atom is 0.326 e. The number of benzene rings is 2. The smallest absolute Gasteiger partial charge is 0.326 e. The number of hydrogen-bond acceptors (Lipinski definition) is 2. The molecule has 126 valence electrons. The highest BCUT2D eigenvalue weighted by atomic mass is 19.1. The standard InChI is InChI=1S/C19H20FNO3/c1-12-6-7-15(8-13(12)2)10-17(19(23)24)21-18(22)11-14-4-3-5-16(20)9-14/h3-9,17H,10-11H2,1-2H3,(H,21,22)(H,23,24)/t17-/m1/s1. The molecule has 0 bridgehead atoms. The predicted molar refractivity (Wildman–Crippen MR) is 89.3 cm³/mol. The van der Waals surface area contributed by atoms with Crippen LogP contribution < -0.4 is 5.32 Å². The number of carbonyl (C=O) groups is 2. The van der Waals surface area contributed by atoms with E-state index in [4.69, 9.17) is 0 Å². The second-order valence-corrected chi connectivity index (χ2v) is 5.89. The van der Waals surface area contributed by atoms with Gasteiger partial charge in [0.2, 0.25) is 5.91 Å². The van der Waals surface area contributed by atoms with Crippen molar-refractivity contribution in [3.63, 3.8) is 0 Å². The summed E-state index contributed by atoms with van der Waals surface area (Å²) in [5, 5.41) is 11.8. The van der Waals surface area contributed by atoms with Crippen molar-refractivity contribution in [2.24, 2.45) is 0 Å². The molecule has 2 aromatic rings. The van der Waals surface area contributed by atoms with Crippen molar-refractivity contribution in [3.05, 3.63) is 70.5 Å². The lowest BCUT2D eigenvalue weighted by atomic mass is 10.0. The minimum atomic E-state index is -1.10. The minimum Gasteiger partial charge on any atom is -0.480 e. The Morgan fingerprint density at radius 1 is 1.08 bits per heavy atom. The molecular weight excluding hydrogens is 309 g/mol. The summed E-state index contributed by atoms with van der Waals surface area (Å²) in [4.78, 5) is 23.5. The lowest BCUT2D eigenvalue weighted by Gasteiger charge is -2.15. The first kappa shape index (κ1) is 17.7. The first-order valence-corrected chi connectivity index (χ1v) is 7.68. The van der Waals surface area contributed by atoms with Gasteiger partial charge in [-0.1, -0.05) is 30.3 Å². The molecule has 2 aromatic carbocycles. The van der Waals surface area contributed by atoms with E-state index in [1.54, 1.807) is 6.07 Å². The summed E-state index contributed by atoms with van der Waals surface area (Å²) in [6.45, 7) is 3.94. The maximum atomic E-state index is 13.1. The summed E-state index contributed by atoms with van der Waals surface area (Å²) in [7, 11) is 0. The van der Waals surface area contributed by atoms with Crippen LogP contribution in [0.25, 0.3) is 0 Å². The number of carboxylic acids is 1. The van der Waals surface area contributed by atoms with E-state index in [9.17, 15) is 19.1 Å². The Morgan fingerprint density at radius 3 is 2.46 bits per heavy atom. The van der Waals surface area contributed by atoms with Gasteiger partial charge in [-0.2, -0.15) is 0 Å². The van der Waals surface area contributed by atoms with Gasteiger partial charge in [0.15, 0.2) is 0 Å². The van der Waals surface area contributed by atoms with Crippen molar-refractivity contribution in [3.8, 4) is 0 Å². The van der Waals surface area contributed by atoms with Crippen molar-refractivity contribution < 1.29 is 19.1 Å². The van der Waals surface area contributed by atoms with Crippen LogP contribution in [0.1, 0.15) is 22.3 Å². The van der Waals surface area contributed by atoms with Crippen molar-refractivity contribution >= 4 is 11.9 Å². The molecule has 0 heterocycles. The molecule has 1 amide bonds. The molecule has 0 aliphatic heterocycles. The van der Waals surface area contributed by atoms with Gasteiger partial charge in [-0.25, -0.2) is 9.18 Å². The van der Waals surface area contributed by atoms with Crippen LogP contribution in [0.15, 0.2) is 42.5 Å². The van der Waals surface area contributed by atoms with Gasteiger partial charge >= 0.3 is 5.97 Å². The summed E-state index contributed by atoms with van der Waals surface area (Å²) in [6.07, 6.45) is 0.139. The average Bonchev–Trinajstić information content (AvgIpc) is 2.50. The van der Waals surface area contributed by atoms with Gasteiger partial charge in [-0.05, 0) is 48.2 Å². The number of rotatable bonds is 6. The van der Waals surface area contributed by atoms with E-state index in [-0.39, 0.29) is 12.8 Å². The Labute approximate surface area is 140 Å². The zero-order valence-corrected chi connectivity index (χ0v) is 13.7. The summed E-state index contributed by atoms with van der Waals surface area (Å²) in [6, 6.07) is 10.4. The molecule has 0 aliphatic rings. The number of carboxylic acid groups (broad SMARTS) is 1. The fraction of sp³-hybridized carbons (Fsp3) is 0.263. The minimum absolute atomic E-state index is 0.0610. The number of halogens is 1. The van der Waals surface area contributed by atoms with Crippen molar-refractivity contribution in [1.82, 2.24) is 5.32 Å². The second-order valence-electron chi connectivity index (χ2n) is 5.89. The lowest BCUT2D eigenvalue weighted by molar-refractivity contribution is -0.141. The zero-order valence-electron chi connectivity index (χ0n) is 13.7. The molecule has 2 rings (SSSR count). The topological polar surface area (TPSA) is 66.4 Å². The van der Waals surface area contributed by atoms with Gasteiger partial charge in [-0.3, -0.25) is 4.79 Å². The van der Waals surface area contributed by atoms with Crippen LogP contribution in [0, 0.1) is 19.7 Å². The maximum absolute atomic E-state index is 13.1. The van der Waals surface area contributed by atoms with Gasteiger partial charge in [0, 0.05) is 6.42 Å². The molecule has 1 atom stereocenters. The van der Waals surface area contributed by atoms with Crippen LogP contribution in [0.4, 0.5) is 4.39 Å². The molecule has 0 fully saturated rings. The first-order valence-electron chi connectivity index (χ1n) is 7.68. The highest BCUT2D eigenvalue weighted by Gasteiger charge is 2.20. The summed E-state index contributed by atoms with van der Waals surface area (Å²) >= 11 is 0. The first-order chi connectivity index (χ1) is 11.3. The van der Waals surface area contributed by atoms with Gasteiger partial charge in [0.25, 0.3) is 0 Å². The quantitative estimate of drug-likeness (QED) is 0.856. The largest absolute Gasteiger partial charge is 0.480 e. The van der Waals surface area contributed by atoms with E-state index < -0.39 is 23.7 Å². The van der Waals surface area contributed by atoms with Crippen molar-refractivity contribution in [2.45, 2.75) is 32.7 Å². The highest BCUT2D eigenvalue weighted by molar-refractivity contribution is 5.85. The van der Waals surface area contributed by atoms with Crippen LogP contribution in [-0.2, 0) is 22.4 Å². The zero-order chi connectivity index (χ0) is 17.7. The number of aryl methyl sites for hydroxylation is 2. The third-order valence-corrected chi connectivity index (χ3v) is 3.90. The third-order valence-electron chi connectivity index (χ3n) is 3.90. The number of carbonyl (C=O) groups excluding carboxylic acids is 1. The normalized spacial score (nSPS) is 11.8. The summed E-state index contributed by atoms with van der Waals surface area (Å²) in [5.41, 5.74) is 3.54. The molecule has 0 saturated carbocycles. The number of amides is 1. The molecule has 0 saturated heterocycles. The van der Waals surface area contributed by atoms with Crippen molar-refractivity contribution in [2.75, 3.05) is 0 Å². The Kier molecular flexibility index (Phi) is 5.68. The Bertz CT molecular complexity index is 758. The molecule has 24 heavy (non-hydrogen) atoms. The monoisotopic (exact) mass is 329 g/mol. The van der Waals surface area contributed by atoms with Gasteiger partial charge in [0.05, 0.1) is 6.42 Å². The lowest BCUT2D eigenvalue weighted by Crippen LogP contribution is -2.43. The third kappa shape index (κ3) is 4.91. The molecule has 0 aliphatic carbocycles. The van der Waals surface area contributed by atoms with Crippen LogP contribution in [0.3, 0.4) is 0 Å². The predicted octanol–water partition coefficient (Wildman–Crippen LogP) is 2.80. The summed E-state index contributed by atoms with van der Waals surface area (Å²) in [5.74, 6) is -1.97. The van der Waals surface area contributed by atoms with E-state index in [0.29, 0.717) is 5.56 Å². The van der Waals surface area contributed by atoms with Gasteiger partial charge in [-0.15, -0.1) is 0 Å². The Balaban J connectivity index is 2.03. The van der Waals surface area contributed by atoms with E-state index in [2.05, 4.69) is 5.32 Å². The molecular formula is C19H20FNO3. The molecule has 0 aromatic heterocycles. The molecule has 0 unspecified atom stereocenters. The van der Waals surface area contributed by atoms with E-state index in [1.165, 1.54) is 18.2 Å². The van der Waals surface area contributed by atoms with E-state index in [1.807, 2.05) is 32.0 Å². The van der Waals surface area contributed by atoms with E-state index in [0.717, 1.165) is 16.7 Å². The van der Waals surface area contributed by atoms with Gasteiger partial charge in [0.1, 0.15) is 11.9 Å². The van der Waals surface area contributed by atoms with Crippen LogP contribution in [0.5, 0.6) is 0 Å². The molecule has 5 heteroatoms. The Hall–Kier alpha value is -2.69. The molecule has 2 N–H and O–H groups in total. The van der Waals surface area contributed by atoms with Crippen LogP contribution in [-0.4, -0.2) is 23.0 Å². The van der Waals surface area contributed by atoms with Crippen LogP contribution >= 0.6 is 0 Å². The molecule has 4 nitrogen and oxygen atoms in total. The second kappa shape index (κ2) is 7.73. The number of aliphatic carboxylic acids is 1. The fourth-order valence-electron chi connectivity index (χ4n) is 2.44. The van der Waals surface area contributed by atoms with E-state index >= 15 is 0 Å². The SMILES string of the molecule is Cc1ccc(C[C@@H](NC(=O)Cc2cccc(F)c2)C(=O)O)cc1C. The highest BCUT2D eigenvalue weighted by Crippen LogP contribution is 2.12. The molecule has 0 radical (unpaired) electrons. The Morgan fingerprint density at radius 2 is 1.83 bits per heavy atom. The fourth-order valence-corrected chi connectivity index (χ4v) is 2.44. The van der Waals surface area contributed by atoms with Gasteiger partial charge < -0.3 is 10.4 Å². The molecule has 0 spiro atoms.